The second kappa shape index (κ2) is 5.89. The zero-order valence-corrected chi connectivity index (χ0v) is 12.3. The Balaban J connectivity index is 2.24. The van der Waals surface area contributed by atoms with Crippen LogP contribution in [0.5, 0.6) is 11.6 Å². The van der Waals surface area contributed by atoms with Crippen LogP contribution in [0.2, 0.25) is 5.02 Å². The Kier molecular flexibility index (Phi) is 4.48. The van der Waals surface area contributed by atoms with Gasteiger partial charge in [0.15, 0.2) is 0 Å². The highest BCUT2D eigenvalue weighted by atomic mass is 127. The standard InChI is InChI=1S/C12H8Cl2INO/c13-6-8-4-12(16-7-11(8)14)17-10-3-1-2-9(15)5-10/h1-5,7H,6H2. The third-order valence-corrected chi connectivity index (χ3v) is 3.37. The van der Waals surface area contributed by atoms with Crippen LogP contribution in [0.25, 0.3) is 0 Å². The average Bonchev–Trinajstić information content (AvgIpc) is 2.32. The Bertz CT molecular complexity index is 534. The van der Waals surface area contributed by atoms with E-state index in [1.165, 1.54) is 0 Å². The molecular weight excluding hydrogens is 372 g/mol. The largest absolute Gasteiger partial charge is 0.439 e. The number of halogens is 3. The zero-order chi connectivity index (χ0) is 12.3. The van der Waals surface area contributed by atoms with E-state index in [4.69, 9.17) is 27.9 Å². The fraction of sp³-hybridized carbons (Fsp3) is 0.0833. The van der Waals surface area contributed by atoms with Gasteiger partial charge in [-0.15, -0.1) is 11.6 Å². The molecule has 0 aliphatic carbocycles. The van der Waals surface area contributed by atoms with Gasteiger partial charge >= 0.3 is 0 Å². The summed E-state index contributed by atoms with van der Waals surface area (Å²) in [5.41, 5.74) is 0.809. The summed E-state index contributed by atoms with van der Waals surface area (Å²) in [7, 11) is 0. The van der Waals surface area contributed by atoms with E-state index in [2.05, 4.69) is 27.6 Å². The molecule has 1 aromatic carbocycles. The van der Waals surface area contributed by atoms with E-state index >= 15 is 0 Å². The molecule has 88 valence electrons. The Morgan fingerprint density at radius 2 is 2.12 bits per heavy atom. The van der Waals surface area contributed by atoms with E-state index in [9.17, 15) is 0 Å². The molecular formula is C12H8Cl2INO. The second-order valence-electron chi connectivity index (χ2n) is 3.31. The lowest BCUT2D eigenvalue weighted by Gasteiger charge is -2.07. The van der Waals surface area contributed by atoms with Crippen LogP contribution in [0.15, 0.2) is 36.5 Å². The maximum absolute atomic E-state index is 5.92. The van der Waals surface area contributed by atoms with Gasteiger partial charge < -0.3 is 4.74 Å². The molecule has 0 saturated carbocycles. The van der Waals surface area contributed by atoms with Crippen LogP contribution < -0.4 is 4.74 Å². The van der Waals surface area contributed by atoms with Crippen LogP contribution >= 0.6 is 45.8 Å². The van der Waals surface area contributed by atoms with Gasteiger partial charge in [0.25, 0.3) is 0 Å². The number of pyridine rings is 1. The number of benzene rings is 1. The van der Waals surface area contributed by atoms with E-state index in [1.54, 1.807) is 12.3 Å². The van der Waals surface area contributed by atoms with Gasteiger partial charge in [-0.25, -0.2) is 4.98 Å². The molecule has 0 spiro atoms. The van der Waals surface area contributed by atoms with Gasteiger partial charge in [-0.1, -0.05) is 17.7 Å². The van der Waals surface area contributed by atoms with Crippen molar-refractivity contribution in [3.8, 4) is 11.6 Å². The minimum absolute atomic E-state index is 0.337. The summed E-state index contributed by atoms with van der Waals surface area (Å²) >= 11 is 13.9. The van der Waals surface area contributed by atoms with E-state index in [0.717, 1.165) is 14.9 Å². The summed E-state index contributed by atoms with van der Waals surface area (Å²) in [6.45, 7) is 0. The summed E-state index contributed by atoms with van der Waals surface area (Å²) in [4.78, 5) is 4.10. The second-order valence-corrected chi connectivity index (χ2v) is 5.23. The highest BCUT2D eigenvalue weighted by Gasteiger charge is 2.04. The SMILES string of the molecule is ClCc1cc(Oc2cccc(I)c2)ncc1Cl. The number of hydrogen-bond acceptors (Lipinski definition) is 2. The number of ether oxygens (including phenoxy) is 1. The summed E-state index contributed by atoms with van der Waals surface area (Å²) in [6.07, 6.45) is 1.54. The molecule has 17 heavy (non-hydrogen) atoms. The normalized spacial score (nSPS) is 10.3. The Morgan fingerprint density at radius 1 is 1.29 bits per heavy atom. The predicted molar refractivity (Wildman–Crippen MR) is 78.0 cm³/mol. The van der Waals surface area contributed by atoms with E-state index in [1.807, 2.05) is 24.3 Å². The first-order valence-electron chi connectivity index (χ1n) is 4.83. The molecule has 0 unspecified atom stereocenters. The first-order chi connectivity index (χ1) is 8.19. The van der Waals surface area contributed by atoms with Crippen molar-refractivity contribution in [2.45, 2.75) is 5.88 Å². The predicted octanol–water partition coefficient (Wildman–Crippen LogP) is 4.87. The van der Waals surface area contributed by atoms with Crippen LogP contribution in [0, 0.1) is 3.57 Å². The first kappa shape index (κ1) is 12.9. The molecule has 0 saturated heterocycles. The topological polar surface area (TPSA) is 22.1 Å². The van der Waals surface area contributed by atoms with Crippen molar-refractivity contribution in [3.63, 3.8) is 0 Å². The van der Waals surface area contributed by atoms with Gasteiger partial charge in [-0.05, 0) is 46.4 Å². The van der Waals surface area contributed by atoms with Crippen molar-refractivity contribution in [3.05, 3.63) is 50.7 Å². The van der Waals surface area contributed by atoms with Crippen molar-refractivity contribution in [1.29, 1.82) is 0 Å². The van der Waals surface area contributed by atoms with Crippen molar-refractivity contribution >= 4 is 45.8 Å². The van der Waals surface area contributed by atoms with Gasteiger partial charge in [0.2, 0.25) is 5.88 Å². The van der Waals surface area contributed by atoms with Gasteiger partial charge in [-0.3, -0.25) is 0 Å². The number of aromatic nitrogens is 1. The van der Waals surface area contributed by atoms with Crippen LogP contribution in [0.4, 0.5) is 0 Å². The van der Waals surface area contributed by atoms with Crippen molar-refractivity contribution < 1.29 is 4.74 Å². The van der Waals surface area contributed by atoms with Crippen molar-refractivity contribution in [2.75, 3.05) is 0 Å². The minimum atomic E-state index is 0.337. The van der Waals surface area contributed by atoms with Gasteiger partial charge in [-0.2, -0.15) is 0 Å². The lowest BCUT2D eigenvalue weighted by Crippen LogP contribution is -1.90. The maximum atomic E-state index is 5.92. The van der Waals surface area contributed by atoms with Crippen LogP contribution in [-0.2, 0) is 5.88 Å². The van der Waals surface area contributed by atoms with Gasteiger partial charge in [0.05, 0.1) is 5.02 Å². The highest BCUT2D eigenvalue weighted by Crippen LogP contribution is 2.25. The molecule has 1 aromatic heterocycles. The zero-order valence-electron chi connectivity index (χ0n) is 8.66. The fourth-order valence-corrected chi connectivity index (χ4v) is 2.24. The number of rotatable bonds is 3. The number of hydrogen-bond donors (Lipinski definition) is 0. The molecule has 0 radical (unpaired) electrons. The number of alkyl halides is 1. The van der Waals surface area contributed by atoms with Crippen LogP contribution in [-0.4, -0.2) is 4.98 Å². The monoisotopic (exact) mass is 379 g/mol. The maximum Gasteiger partial charge on any atom is 0.219 e. The Morgan fingerprint density at radius 3 is 2.82 bits per heavy atom. The average molecular weight is 380 g/mol. The molecule has 2 rings (SSSR count). The summed E-state index contributed by atoms with van der Waals surface area (Å²) in [6, 6.07) is 9.47. The Hall–Kier alpha value is -0.520. The third kappa shape index (κ3) is 3.47. The quantitative estimate of drug-likeness (QED) is 0.560. The van der Waals surface area contributed by atoms with Crippen molar-refractivity contribution in [1.82, 2.24) is 4.98 Å². The molecule has 0 atom stereocenters. The lowest BCUT2D eigenvalue weighted by molar-refractivity contribution is 0.462. The molecule has 0 N–H and O–H groups in total. The highest BCUT2D eigenvalue weighted by molar-refractivity contribution is 14.1. The van der Waals surface area contributed by atoms with Gasteiger partial charge in [0.1, 0.15) is 5.75 Å². The van der Waals surface area contributed by atoms with Crippen LogP contribution in [0.3, 0.4) is 0 Å². The molecule has 0 fully saturated rings. The smallest absolute Gasteiger partial charge is 0.219 e. The van der Waals surface area contributed by atoms with E-state index < -0.39 is 0 Å². The Labute approximate surface area is 123 Å². The summed E-state index contributed by atoms with van der Waals surface area (Å²) in [5, 5.41) is 0.551. The molecule has 0 bridgehead atoms. The molecule has 5 heteroatoms. The summed E-state index contributed by atoms with van der Waals surface area (Å²) < 4.78 is 6.73. The molecule has 0 aliphatic heterocycles. The molecule has 0 amide bonds. The van der Waals surface area contributed by atoms with E-state index in [0.29, 0.717) is 16.8 Å². The number of nitrogens with zero attached hydrogens (tertiary/aromatic N) is 1. The summed E-state index contributed by atoms with van der Waals surface area (Å²) in [5.74, 6) is 1.57. The molecule has 0 aliphatic rings. The fourth-order valence-electron chi connectivity index (χ4n) is 1.27. The molecule has 2 nitrogen and oxygen atoms in total. The third-order valence-electron chi connectivity index (χ3n) is 2.07. The van der Waals surface area contributed by atoms with Crippen LogP contribution in [0.1, 0.15) is 5.56 Å². The van der Waals surface area contributed by atoms with E-state index in [-0.39, 0.29) is 0 Å². The first-order valence-corrected chi connectivity index (χ1v) is 6.82. The van der Waals surface area contributed by atoms with Gasteiger partial charge in [0, 0.05) is 21.7 Å². The van der Waals surface area contributed by atoms with Crippen molar-refractivity contribution in [2.24, 2.45) is 0 Å². The molecule has 1 heterocycles. The minimum Gasteiger partial charge on any atom is -0.439 e. The lowest BCUT2D eigenvalue weighted by atomic mass is 10.3. The molecule has 2 aromatic rings.